The molecule has 8 aromatic rings. The summed E-state index contributed by atoms with van der Waals surface area (Å²) in [6, 6.07) is 51.5. The van der Waals surface area contributed by atoms with Crippen molar-refractivity contribution in [2.24, 2.45) is 0 Å². The molecule has 5 nitrogen and oxygen atoms in total. The Hall–Kier alpha value is -6.33. The van der Waals surface area contributed by atoms with Crippen LogP contribution in [0, 0.1) is 0 Å². The highest BCUT2D eigenvalue weighted by atomic mass is 16.5. The second-order valence-corrected chi connectivity index (χ2v) is 23.2. The molecule has 0 aliphatic carbocycles. The molecule has 0 spiro atoms. The summed E-state index contributed by atoms with van der Waals surface area (Å²) >= 11 is 0. The highest BCUT2D eigenvalue weighted by molar-refractivity contribution is 6.12. The molecule has 338 valence electrons. The molecule has 0 saturated heterocycles. The van der Waals surface area contributed by atoms with Crippen molar-refractivity contribution in [3.8, 4) is 17.3 Å². The monoisotopic (exact) mass is 873 g/mol. The van der Waals surface area contributed by atoms with Crippen LogP contribution in [0.1, 0.15) is 130 Å². The fourth-order valence-electron chi connectivity index (χ4n) is 9.56. The van der Waals surface area contributed by atoms with Crippen molar-refractivity contribution < 1.29 is 4.74 Å². The first-order valence-corrected chi connectivity index (χ1v) is 23.7. The Balaban J connectivity index is 1.24. The molecule has 0 atom stereocenters. The molecule has 2 aromatic heterocycles. The van der Waals surface area contributed by atoms with Crippen molar-refractivity contribution in [3.05, 3.63) is 179 Å². The van der Waals surface area contributed by atoms with Crippen LogP contribution >= 0.6 is 0 Å². The van der Waals surface area contributed by atoms with E-state index in [1.807, 2.05) is 6.20 Å². The molecule has 5 heteroatoms. The fourth-order valence-corrected chi connectivity index (χ4v) is 9.56. The van der Waals surface area contributed by atoms with Gasteiger partial charge in [-0.25, -0.2) is 4.98 Å². The number of hydrogen-bond acceptors (Lipinski definition) is 4. The lowest BCUT2D eigenvalue weighted by Crippen LogP contribution is -2.25. The van der Waals surface area contributed by atoms with Gasteiger partial charge >= 0.3 is 0 Å². The Morgan fingerprint density at radius 2 is 1.03 bits per heavy atom. The average Bonchev–Trinajstić information content (AvgIpc) is 3.81. The first-order chi connectivity index (χ1) is 31.0. The summed E-state index contributed by atoms with van der Waals surface area (Å²) in [5.41, 5.74) is 13.9. The Kier molecular flexibility index (Phi) is 10.8. The molecule has 6 aromatic carbocycles. The normalized spacial score (nSPS) is 13.8. The summed E-state index contributed by atoms with van der Waals surface area (Å²) in [5, 5.41) is 2.40. The molecule has 0 unspecified atom stereocenters. The molecule has 0 radical (unpaired) electrons. The number of rotatable bonds is 7. The number of para-hydroxylation sites is 1. The van der Waals surface area contributed by atoms with Gasteiger partial charge in [0.2, 0.25) is 0 Å². The Morgan fingerprint density at radius 3 is 1.73 bits per heavy atom. The van der Waals surface area contributed by atoms with Crippen LogP contribution in [0.2, 0.25) is 0 Å². The topological polar surface area (TPSA) is 33.5 Å². The van der Waals surface area contributed by atoms with Crippen LogP contribution in [0.3, 0.4) is 0 Å². The van der Waals surface area contributed by atoms with Crippen LogP contribution in [-0.4, -0.2) is 16.2 Å². The number of pyridine rings is 1. The highest BCUT2D eigenvalue weighted by Gasteiger charge is 2.33. The Labute approximate surface area is 394 Å². The average molecular weight is 873 g/mol. The number of hydrogen-bond donors (Lipinski definition) is 0. The van der Waals surface area contributed by atoms with Gasteiger partial charge in [0, 0.05) is 45.9 Å². The van der Waals surface area contributed by atoms with Crippen LogP contribution in [0.15, 0.2) is 146 Å². The zero-order valence-corrected chi connectivity index (χ0v) is 41.8. The van der Waals surface area contributed by atoms with Gasteiger partial charge in [0.05, 0.1) is 22.4 Å². The number of fused-ring (bicyclic) bond motifs is 4. The summed E-state index contributed by atoms with van der Waals surface area (Å²) in [6.45, 7) is 32.8. The summed E-state index contributed by atoms with van der Waals surface area (Å²) in [7, 11) is 0. The number of benzene rings is 6. The van der Waals surface area contributed by atoms with E-state index >= 15 is 0 Å². The van der Waals surface area contributed by atoms with E-state index in [-0.39, 0.29) is 27.1 Å². The smallest absolute Gasteiger partial charge is 0.137 e. The van der Waals surface area contributed by atoms with Crippen LogP contribution in [0.4, 0.5) is 22.7 Å². The number of anilines is 4. The largest absolute Gasteiger partial charge is 0.457 e. The number of aromatic nitrogens is 2. The van der Waals surface area contributed by atoms with Crippen LogP contribution in [-0.2, 0) is 27.1 Å². The van der Waals surface area contributed by atoms with Crippen molar-refractivity contribution >= 4 is 44.6 Å². The molecule has 0 bridgehead atoms. The maximum absolute atomic E-state index is 7.30. The Bertz CT molecular complexity index is 3110. The second-order valence-electron chi connectivity index (χ2n) is 23.2. The molecule has 9 rings (SSSR count). The minimum atomic E-state index is -0.369. The second kappa shape index (κ2) is 15.9. The maximum Gasteiger partial charge on any atom is 0.137 e. The van der Waals surface area contributed by atoms with Gasteiger partial charge in [-0.2, -0.15) is 0 Å². The van der Waals surface area contributed by atoms with Gasteiger partial charge in [-0.05, 0) is 116 Å². The Morgan fingerprint density at radius 1 is 0.439 bits per heavy atom. The van der Waals surface area contributed by atoms with E-state index in [4.69, 9.17) is 9.72 Å². The van der Waals surface area contributed by atoms with E-state index in [9.17, 15) is 0 Å². The lowest BCUT2D eigenvalue weighted by molar-refractivity contribution is 0.477. The zero-order valence-electron chi connectivity index (χ0n) is 41.8. The standard InChI is InChI=1S/C61H68N4O/c1-57(2,3)41-23-20-24-45(31-41)63-39-64(52-28-27-42(34-53(52)63)58(4,5)6)46-32-44(60(10,11)12)33-47(36-46)66-48-37-50(61(13,14)40-21-16-15-17-22-40)56-49-25-18-19-26-51(49)65(54(56)38-48)55-35-43(29-30-62-55)59(7,8)9/h15-38H,39H2,1-14H3. The van der Waals surface area contributed by atoms with Crippen molar-refractivity contribution in [1.29, 1.82) is 0 Å². The zero-order chi connectivity index (χ0) is 47.1. The van der Waals surface area contributed by atoms with Gasteiger partial charge in [0.25, 0.3) is 0 Å². The molecule has 0 saturated carbocycles. The third-order valence-electron chi connectivity index (χ3n) is 13.8. The first kappa shape index (κ1) is 44.9. The van der Waals surface area contributed by atoms with Gasteiger partial charge in [0.1, 0.15) is 24.0 Å². The summed E-state index contributed by atoms with van der Waals surface area (Å²) in [5.74, 6) is 2.48. The molecule has 3 heterocycles. The van der Waals surface area contributed by atoms with E-state index in [1.54, 1.807) is 0 Å². The third kappa shape index (κ3) is 8.27. The van der Waals surface area contributed by atoms with Gasteiger partial charge < -0.3 is 14.5 Å². The molecular weight excluding hydrogens is 805 g/mol. The van der Waals surface area contributed by atoms with Crippen LogP contribution in [0.25, 0.3) is 27.6 Å². The summed E-state index contributed by atoms with van der Waals surface area (Å²) in [4.78, 5) is 10.00. The molecule has 1 aliphatic heterocycles. The molecule has 0 N–H and O–H groups in total. The molecular formula is C61H68N4O. The van der Waals surface area contributed by atoms with E-state index < -0.39 is 0 Å². The number of ether oxygens (including phenoxy) is 1. The first-order valence-electron chi connectivity index (χ1n) is 23.7. The quantitative estimate of drug-likeness (QED) is 0.160. The lowest BCUT2D eigenvalue weighted by atomic mass is 9.76. The maximum atomic E-state index is 7.30. The predicted molar refractivity (Wildman–Crippen MR) is 280 cm³/mol. The summed E-state index contributed by atoms with van der Waals surface area (Å²) in [6.07, 6.45) is 1.95. The van der Waals surface area contributed by atoms with Gasteiger partial charge in [-0.15, -0.1) is 0 Å². The van der Waals surface area contributed by atoms with E-state index in [0.717, 1.165) is 34.0 Å². The molecule has 66 heavy (non-hydrogen) atoms. The molecule has 0 fully saturated rings. The van der Waals surface area contributed by atoms with Gasteiger partial charge in [0.15, 0.2) is 0 Å². The minimum absolute atomic E-state index is 0.000725. The fraction of sp³-hybridized carbons (Fsp3) is 0.328. The number of nitrogens with zero attached hydrogens (tertiary/aromatic N) is 4. The van der Waals surface area contributed by atoms with Crippen molar-refractivity contribution in [2.45, 2.75) is 124 Å². The van der Waals surface area contributed by atoms with E-state index in [0.29, 0.717) is 6.67 Å². The predicted octanol–water partition coefficient (Wildman–Crippen LogP) is 16.7. The highest BCUT2D eigenvalue weighted by Crippen LogP contribution is 2.49. The molecule has 0 amide bonds. The summed E-state index contributed by atoms with van der Waals surface area (Å²) < 4.78 is 9.64. The van der Waals surface area contributed by atoms with E-state index in [2.05, 4.69) is 251 Å². The van der Waals surface area contributed by atoms with E-state index in [1.165, 1.54) is 61.2 Å². The van der Waals surface area contributed by atoms with Crippen molar-refractivity contribution in [2.75, 3.05) is 16.5 Å². The van der Waals surface area contributed by atoms with Gasteiger partial charge in [-0.3, -0.25) is 4.57 Å². The minimum Gasteiger partial charge on any atom is -0.457 e. The van der Waals surface area contributed by atoms with Gasteiger partial charge in [-0.1, -0.05) is 164 Å². The van der Waals surface area contributed by atoms with Crippen molar-refractivity contribution in [3.63, 3.8) is 0 Å². The lowest BCUT2D eigenvalue weighted by Gasteiger charge is -2.28. The third-order valence-corrected chi connectivity index (χ3v) is 13.8. The van der Waals surface area contributed by atoms with Crippen molar-refractivity contribution in [1.82, 2.24) is 9.55 Å². The molecule has 1 aliphatic rings. The van der Waals surface area contributed by atoms with Crippen LogP contribution < -0.4 is 14.5 Å². The SMILES string of the molecule is CC(C)(C)c1cccc(N2CN(c3cc(Oc4cc(C(C)(C)c5ccccc5)c5c6ccccc6n(-c6cc(C(C)(C)C)ccn6)c5c4)cc(C(C)(C)C)c3)c3ccc(C(C)(C)C)cc32)c1. The van der Waals surface area contributed by atoms with Crippen LogP contribution in [0.5, 0.6) is 11.5 Å².